The summed E-state index contributed by atoms with van der Waals surface area (Å²) >= 11 is 1.27. The Balaban J connectivity index is 2.06. The Morgan fingerprint density at radius 3 is 2.64 bits per heavy atom. The number of nitriles is 1. The Morgan fingerprint density at radius 1 is 1.39 bits per heavy atom. The number of halogens is 1. The molecule has 1 saturated heterocycles. The standard InChI is InChI=1S/C19H26FN5O2S/c1-19(2,3)27-18(26)25-10-8-13(9-11-25)23-16-14(20)6-5-7-15(16)24-17(28-4)22-12-21/h5-7,13,23H,8-11H2,1-4H3,(H,22,24). The predicted octanol–water partition coefficient (Wildman–Crippen LogP) is 4.06. The van der Waals surface area contributed by atoms with Gasteiger partial charge in [-0.1, -0.05) is 17.8 Å². The van der Waals surface area contributed by atoms with Gasteiger partial charge in [0.2, 0.25) is 0 Å². The number of para-hydroxylation sites is 1. The van der Waals surface area contributed by atoms with Crippen LogP contribution in [-0.4, -0.2) is 47.1 Å². The molecule has 1 aromatic carbocycles. The Morgan fingerprint density at radius 2 is 2.07 bits per heavy atom. The molecule has 2 N–H and O–H groups in total. The van der Waals surface area contributed by atoms with Gasteiger partial charge in [-0.25, -0.2) is 14.2 Å². The van der Waals surface area contributed by atoms with Gasteiger partial charge in [-0.3, -0.25) is 5.32 Å². The molecule has 0 atom stereocenters. The summed E-state index contributed by atoms with van der Waals surface area (Å²) in [5, 5.41) is 14.9. The van der Waals surface area contributed by atoms with E-state index >= 15 is 0 Å². The first-order chi connectivity index (χ1) is 13.2. The van der Waals surface area contributed by atoms with Crippen LogP contribution in [0, 0.1) is 17.3 Å². The molecule has 0 unspecified atom stereocenters. The maximum Gasteiger partial charge on any atom is 0.410 e. The molecular weight excluding hydrogens is 381 g/mol. The van der Waals surface area contributed by atoms with E-state index in [0.717, 1.165) is 0 Å². The summed E-state index contributed by atoms with van der Waals surface area (Å²) in [5.41, 5.74) is 0.185. The monoisotopic (exact) mass is 407 g/mol. The number of likely N-dealkylation sites (tertiary alicyclic amines) is 1. The quantitative estimate of drug-likeness (QED) is 0.340. The van der Waals surface area contributed by atoms with Crippen molar-refractivity contribution >= 4 is 34.4 Å². The fraction of sp³-hybridized carbons (Fsp3) is 0.526. The van der Waals surface area contributed by atoms with Gasteiger partial charge in [-0.2, -0.15) is 5.26 Å². The number of hydrogen-bond acceptors (Lipinski definition) is 6. The molecule has 1 fully saturated rings. The fourth-order valence-electron chi connectivity index (χ4n) is 2.77. The molecule has 0 spiro atoms. The number of anilines is 1. The minimum Gasteiger partial charge on any atom is -0.444 e. The van der Waals surface area contributed by atoms with Crippen molar-refractivity contribution in [1.82, 2.24) is 10.2 Å². The molecule has 1 amide bonds. The topological polar surface area (TPSA) is 89.8 Å². The van der Waals surface area contributed by atoms with Crippen molar-refractivity contribution in [2.24, 2.45) is 4.99 Å². The summed E-state index contributed by atoms with van der Waals surface area (Å²) in [6.07, 6.45) is 4.61. The molecule has 0 saturated carbocycles. The van der Waals surface area contributed by atoms with Crippen LogP contribution in [0.15, 0.2) is 23.2 Å². The van der Waals surface area contributed by atoms with Crippen LogP contribution in [0.4, 0.5) is 20.6 Å². The number of aliphatic imine (C=N–C) groups is 1. The largest absolute Gasteiger partial charge is 0.444 e. The molecule has 1 heterocycles. The van der Waals surface area contributed by atoms with Gasteiger partial charge in [0, 0.05) is 19.1 Å². The molecule has 0 aromatic heterocycles. The van der Waals surface area contributed by atoms with Crippen LogP contribution in [0.25, 0.3) is 0 Å². The minimum atomic E-state index is -0.529. The lowest BCUT2D eigenvalue weighted by Crippen LogP contribution is -2.44. The van der Waals surface area contributed by atoms with Crippen LogP contribution in [0.3, 0.4) is 0 Å². The molecule has 28 heavy (non-hydrogen) atoms. The lowest BCUT2D eigenvalue weighted by Gasteiger charge is -2.34. The molecule has 1 aliphatic heterocycles. The maximum absolute atomic E-state index is 14.4. The molecule has 152 valence electrons. The van der Waals surface area contributed by atoms with Crippen molar-refractivity contribution in [3.05, 3.63) is 24.0 Å². The average molecular weight is 408 g/mol. The van der Waals surface area contributed by atoms with Gasteiger partial charge in [0.1, 0.15) is 11.4 Å². The molecule has 0 aliphatic carbocycles. The normalized spacial score (nSPS) is 15.7. The van der Waals surface area contributed by atoms with Crippen molar-refractivity contribution in [1.29, 1.82) is 5.26 Å². The Labute approximate surface area is 169 Å². The van der Waals surface area contributed by atoms with Crippen LogP contribution in [0.5, 0.6) is 0 Å². The molecule has 1 aromatic rings. The van der Waals surface area contributed by atoms with Crippen molar-refractivity contribution in [3.8, 4) is 6.19 Å². The third-order valence-electron chi connectivity index (χ3n) is 4.06. The Kier molecular flexibility index (Phi) is 7.52. The molecular formula is C19H26FN5O2S. The number of nitrogens with one attached hydrogen (secondary N) is 2. The second-order valence-corrected chi connectivity index (χ2v) is 8.17. The number of hydrogen-bond donors (Lipinski definition) is 2. The number of carbonyl (C=O) groups excluding carboxylic acids is 1. The van der Waals surface area contributed by atoms with Crippen LogP contribution >= 0.6 is 11.8 Å². The summed E-state index contributed by atoms with van der Waals surface area (Å²) in [4.78, 5) is 18.2. The zero-order valence-electron chi connectivity index (χ0n) is 16.6. The summed E-state index contributed by atoms with van der Waals surface area (Å²) in [7, 11) is 0. The van der Waals surface area contributed by atoms with E-state index in [1.807, 2.05) is 27.0 Å². The van der Waals surface area contributed by atoms with E-state index in [9.17, 15) is 9.18 Å². The number of thioether (sulfide) groups is 1. The first-order valence-corrected chi connectivity index (χ1v) is 10.3. The zero-order valence-corrected chi connectivity index (χ0v) is 17.4. The van der Waals surface area contributed by atoms with Gasteiger partial charge in [0.15, 0.2) is 11.4 Å². The van der Waals surface area contributed by atoms with E-state index in [0.29, 0.717) is 42.5 Å². The summed E-state index contributed by atoms with van der Waals surface area (Å²) in [6, 6.07) is 4.64. The van der Waals surface area contributed by atoms with Gasteiger partial charge in [0.05, 0.1) is 11.4 Å². The minimum absolute atomic E-state index is 0.00573. The van der Waals surface area contributed by atoms with Crippen molar-refractivity contribution in [3.63, 3.8) is 0 Å². The van der Waals surface area contributed by atoms with Crippen molar-refractivity contribution in [2.45, 2.75) is 45.3 Å². The highest BCUT2D eigenvalue weighted by Crippen LogP contribution is 2.31. The third kappa shape index (κ3) is 6.30. The SMILES string of the molecule is CSC(=Nc1cccc(F)c1NC1CCN(C(=O)OC(C)(C)C)CC1)NC#N. The van der Waals surface area contributed by atoms with Gasteiger partial charge in [-0.05, 0) is 52.0 Å². The second kappa shape index (κ2) is 9.64. The first kappa shape index (κ1) is 21.8. The van der Waals surface area contributed by atoms with Crippen LogP contribution in [0.2, 0.25) is 0 Å². The second-order valence-electron chi connectivity index (χ2n) is 7.38. The van der Waals surface area contributed by atoms with E-state index in [1.165, 1.54) is 17.8 Å². The molecule has 2 rings (SSSR count). The van der Waals surface area contributed by atoms with E-state index in [4.69, 9.17) is 10.00 Å². The lowest BCUT2D eigenvalue weighted by atomic mass is 10.0. The number of amides is 1. The first-order valence-electron chi connectivity index (χ1n) is 9.04. The van der Waals surface area contributed by atoms with Gasteiger partial charge < -0.3 is 15.0 Å². The maximum atomic E-state index is 14.4. The van der Waals surface area contributed by atoms with Crippen LogP contribution in [-0.2, 0) is 4.74 Å². The predicted molar refractivity (Wildman–Crippen MR) is 110 cm³/mol. The summed E-state index contributed by atoms with van der Waals surface area (Å²) in [5.74, 6) is -0.409. The number of amidine groups is 1. The summed E-state index contributed by atoms with van der Waals surface area (Å²) in [6.45, 7) is 6.58. The van der Waals surface area contributed by atoms with Crippen molar-refractivity contribution in [2.75, 3.05) is 24.7 Å². The number of ether oxygens (including phenoxy) is 1. The van der Waals surface area contributed by atoms with Crippen LogP contribution < -0.4 is 10.6 Å². The fourth-order valence-corrected chi connectivity index (χ4v) is 3.11. The van der Waals surface area contributed by atoms with E-state index in [1.54, 1.807) is 23.3 Å². The molecule has 7 nitrogen and oxygen atoms in total. The number of carbonyl (C=O) groups is 1. The highest BCUT2D eigenvalue weighted by atomic mass is 32.2. The number of nitrogens with zero attached hydrogens (tertiary/aromatic N) is 3. The van der Waals surface area contributed by atoms with Gasteiger partial charge >= 0.3 is 6.09 Å². The van der Waals surface area contributed by atoms with Gasteiger partial charge in [0.25, 0.3) is 0 Å². The van der Waals surface area contributed by atoms with E-state index < -0.39 is 11.4 Å². The number of benzene rings is 1. The van der Waals surface area contributed by atoms with E-state index in [-0.39, 0.29) is 12.1 Å². The average Bonchev–Trinajstić information content (AvgIpc) is 2.63. The third-order valence-corrected chi connectivity index (χ3v) is 4.64. The summed E-state index contributed by atoms with van der Waals surface area (Å²) < 4.78 is 19.8. The van der Waals surface area contributed by atoms with Gasteiger partial charge in [-0.15, -0.1) is 0 Å². The molecule has 9 heteroatoms. The lowest BCUT2D eigenvalue weighted by molar-refractivity contribution is 0.0210. The Bertz CT molecular complexity index is 765. The number of piperidine rings is 1. The highest BCUT2D eigenvalue weighted by molar-refractivity contribution is 8.13. The molecule has 1 aliphatic rings. The zero-order chi connectivity index (χ0) is 20.7. The van der Waals surface area contributed by atoms with Crippen LogP contribution in [0.1, 0.15) is 33.6 Å². The van der Waals surface area contributed by atoms with E-state index in [2.05, 4.69) is 15.6 Å². The highest BCUT2D eigenvalue weighted by Gasteiger charge is 2.27. The van der Waals surface area contributed by atoms with Crippen molar-refractivity contribution < 1.29 is 13.9 Å². The Hall–Kier alpha value is -2.47. The molecule has 0 bridgehead atoms. The number of rotatable bonds is 3. The molecule has 0 radical (unpaired) electrons. The smallest absolute Gasteiger partial charge is 0.410 e.